The molecule has 2 saturated carbocycles. The zero-order valence-electron chi connectivity index (χ0n) is 15.6. The summed E-state index contributed by atoms with van der Waals surface area (Å²) < 4.78 is 0. The fourth-order valence-electron chi connectivity index (χ4n) is 5.49. The van der Waals surface area contributed by atoms with Crippen LogP contribution in [0.4, 0.5) is 0 Å². The summed E-state index contributed by atoms with van der Waals surface area (Å²) in [5, 5.41) is 9.48. The third-order valence-electron chi connectivity index (χ3n) is 7.76. The van der Waals surface area contributed by atoms with Crippen LogP contribution in [0.1, 0.15) is 86.0 Å². The van der Waals surface area contributed by atoms with Crippen LogP contribution in [0.15, 0.2) is 0 Å². The maximum Gasteiger partial charge on any atom is 0.0658 e. The molecule has 2 aliphatic carbocycles. The lowest BCUT2D eigenvalue weighted by Gasteiger charge is -2.52. The first-order valence-corrected chi connectivity index (χ1v) is 9.79. The Labute approximate surface area is 138 Å². The Morgan fingerprint density at radius 1 is 0.955 bits per heavy atom. The predicted molar refractivity (Wildman–Crippen MR) is 94.3 cm³/mol. The van der Waals surface area contributed by atoms with Gasteiger partial charge in [0.25, 0.3) is 0 Å². The van der Waals surface area contributed by atoms with Crippen molar-refractivity contribution in [3.63, 3.8) is 0 Å². The van der Waals surface area contributed by atoms with Crippen LogP contribution >= 0.6 is 0 Å². The normalized spacial score (nSPS) is 45.4. The first-order valence-electron chi connectivity index (χ1n) is 9.79. The molecule has 7 atom stereocenters. The number of nitrogens with zero attached hydrogens (tertiary/aromatic N) is 1. The molecule has 22 heavy (non-hydrogen) atoms. The van der Waals surface area contributed by atoms with Gasteiger partial charge in [-0.2, -0.15) is 5.26 Å². The second-order valence-electron chi connectivity index (χ2n) is 8.96. The Bertz CT molecular complexity index is 395. The molecule has 0 bridgehead atoms. The number of hydrogen-bond donors (Lipinski definition) is 0. The summed E-state index contributed by atoms with van der Waals surface area (Å²) in [7, 11) is 0. The van der Waals surface area contributed by atoms with Crippen molar-refractivity contribution in [3.05, 3.63) is 0 Å². The van der Waals surface area contributed by atoms with E-state index in [1.807, 2.05) is 0 Å². The maximum atomic E-state index is 9.48. The van der Waals surface area contributed by atoms with Gasteiger partial charge in [-0.1, -0.05) is 59.8 Å². The number of nitriles is 1. The molecule has 2 aliphatic rings. The SMILES string of the molecule is CC1CCCCC2C(CCC(C)(C(C)C#N)C2C)C(C)CC1. The largest absolute Gasteiger partial charge is 0.198 e. The number of rotatable bonds is 1. The summed E-state index contributed by atoms with van der Waals surface area (Å²) in [4.78, 5) is 0. The predicted octanol–water partition coefficient (Wildman–Crippen LogP) is 6.44. The van der Waals surface area contributed by atoms with Crippen molar-refractivity contribution in [3.8, 4) is 6.07 Å². The molecule has 0 amide bonds. The van der Waals surface area contributed by atoms with E-state index in [1.54, 1.807) is 0 Å². The Morgan fingerprint density at radius 2 is 1.64 bits per heavy atom. The quantitative estimate of drug-likeness (QED) is 0.546. The molecule has 0 aromatic heterocycles. The van der Waals surface area contributed by atoms with E-state index in [-0.39, 0.29) is 11.3 Å². The molecule has 1 heteroatoms. The minimum Gasteiger partial charge on any atom is -0.198 e. The molecule has 0 saturated heterocycles. The van der Waals surface area contributed by atoms with Gasteiger partial charge in [0.15, 0.2) is 0 Å². The molecule has 0 radical (unpaired) electrons. The van der Waals surface area contributed by atoms with Gasteiger partial charge in [0.05, 0.1) is 6.07 Å². The summed E-state index contributed by atoms with van der Waals surface area (Å²) in [6.45, 7) is 12.0. The first kappa shape index (κ1) is 17.8. The Hall–Kier alpha value is -0.510. The van der Waals surface area contributed by atoms with E-state index >= 15 is 0 Å². The zero-order valence-corrected chi connectivity index (χ0v) is 15.6. The Morgan fingerprint density at radius 3 is 2.32 bits per heavy atom. The van der Waals surface area contributed by atoms with Crippen LogP contribution in [0.2, 0.25) is 0 Å². The second kappa shape index (κ2) is 7.37. The molecule has 0 heterocycles. The molecule has 0 spiro atoms. The molecule has 0 aromatic rings. The van der Waals surface area contributed by atoms with Gasteiger partial charge < -0.3 is 0 Å². The van der Waals surface area contributed by atoms with Crippen molar-refractivity contribution >= 4 is 0 Å². The molecule has 0 aliphatic heterocycles. The average Bonchev–Trinajstić information content (AvgIpc) is 2.51. The van der Waals surface area contributed by atoms with Crippen molar-refractivity contribution in [2.75, 3.05) is 0 Å². The van der Waals surface area contributed by atoms with Crippen LogP contribution in [-0.2, 0) is 0 Å². The molecule has 2 fully saturated rings. The fourth-order valence-corrected chi connectivity index (χ4v) is 5.49. The first-order chi connectivity index (χ1) is 10.4. The minimum absolute atomic E-state index is 0.189. The van der Waals surface area contributed by atoms with Crippen molar-refractivity contribution < 1.29 is 0 Å². The second-order valence-corrected chi connectivity index (χ2v) is 8.96. The van der Waals surface area contributed by atoms with E-state index in [1.165, 1.54) is 51.4 Å². The van der Waals surface area contributed by atoms with Gasteiger partial charge in [0.1, 0.15) is 0 Å². The lowest BCUT2D eigenvalue weighted by atomic mass is 9.52. The lowest BCUT2D eigenvalue weighted by Crippen LogP contribution is -2.45. The van der Waals surface area contributed by atoms with Crippen molar-refractivity contribution in [2.24, 2.45) is 40.9 Å². The van der Waals surface area contributed by atoms with Crippen LogP contribution in [0.25, 0.3) is 0 Å². The summed E-state index contributed by atoms with van der Waals surface area (Å²) in [5.74, 6) is 4.42. The van der Waals surface area contributed by atoms with E-state index in [9.17, 15) is 5.26 Å². The smallest absolute Gasteiger partial charge is 0.0658 e. The van der Waals surface area contributed by atoms with Gasteiger partial charge in [-0.25, -0.2) is 0 Å². The topological polar surface area (TPSA) is 23.8 Å². The van der Waals surface area contributed by atoms with Crippen LogP contribution < -0.4 is 0 Å². The molecule has 0 N–H and O–H groups in total. The highest BCUT2D eigenvalue weighted by atomic mass is 14.5. The van der Waals surface area contributed by atoms with E-state index in [0.29, 0.717) is 5.92 Å². The maximum absolute atomic E-state index is 9.48. The highest BCUT2D eigenvalue weighted by molar-refractivity contribution is 5.02. The molecular weight excluding hydrogens is 266 g/mol. The summed E-state index contributed by atoms with van der Waals surface area (Å²) in [6, 6.07) is 2.57. The standard InChI is InChI=1S/C21H37N/c1-15-8-6-7-9-20-18(4)21(5,17(3)14-22)13-12-19(20)16(2)11-10-15/h15-20H,6-13H2,1-5H3. The molecule has 1 nitrogen and oxygen atoms in total. The third kappa shape index (κ3) is 3.52. The van der Waals surface area contributed by atoms with E-state index in [2.05, 4.69) is 40.7 Å². The van der Waals surface area contributed by atoms with Gasteiger partial charge in [0.2, 0.25) is 0 Å². The van der Waals surface area contributed by atoms with E-state index < -0.39 is 0 Å². The molecule has 2 rings (SSSR count). The van der Waals surface area contributed by atoms with Crippen LogP contribution in [0.5, 0.6) is 0 Å². The number of fused-ring (bicyclic) bond motifs is 1. The highest BCUT2D eigenvalue weighted by Crippen LogP contribution is 2.54. The average molecular weight is 304 g/mol. The van der Waals surface area contributed by atoms with Gasteiger partial charge in [-0.05, 0) is 61.2 Å². The molecule has 0 aromatic carbocycles. The van der Waals surface area contributed by atoms with Gasteiger partial charge in [-0.3, -0.25) is 0 Å². The Kier molecular flexibility index (Phi) is 5.98. The van der Waals surface area contributed by atoms with Crippen LogP contribution in [-0.4, -0.2) is 0 Å². The van der Waals surface area contributed by atoms with Gasteiger partial charge in [-0.15, -0.1) is 0 Å². The van der Waals surface area contributed by atoms with E-state index in [0.717, 1.165) is 23.7 Å². The van der Waals surface area contributed by atoms with Gasteiger partial charge >= 0.3 is 0 Å². The summed E-state index contributed by atoms with van der Waals surface area (Å²) in [6.07, 6.45) is 11.1. The number of hydrogen-bond acceptors (Lipinski definition) is 1. The van der Waals surface area contributed by atoms with Crippen LogP contribution in [0.3, 0.4) is 0 Å². The lowest BCUT2D eigenvalue weighted by molar-refractivity contribution is -0.0242. The van der Waals surface area contributed by atoms with Gasteiger partial charge in [0, 0.05) is 5.92 Å². The molecule has 126 valence electrons. The van der Waals surface area contributed by atoms with Crippen LogP contribution in [0, 0.1) is 52.3 Å². The molecule has 7 unspecified atom stereocenters. The fraction of sp³-hybridized carbons (Fsp3) is 0.952. The molecular formula is C21H37N. The highest BCUT2D eigenvalue weighted by Gasteiger charge is 2.47. The summed E-state index contributed by atoms with van der Waals surface area (Å²) >= 11 is 0. The van der Waals surface area contributed by atoms with E-state index in [4.69, 9.17) is 0 Å². The Balaban J connectivity index is 2.17. The van der Waals surface area contributed by atoms with Crippen molar-refractivity contribution in [1.29, 1.82) is 5.26 Å². The minimum atomic E-state index is 0.189. The third-order valence-corrected chi connectivity index (χ3v) is 7.76. The zero-order chi connectivity index (χ0) is 16.3. The van der Waals surface area contributed by atoms with Crippen molar-refractivity contribution in [1.82, 2.24) is 0 Å². The summed E-state index contributed by atoms with van der Waals surface area (Å²) in [5.41, 5.74) is 0.229. The van der Waals surface area contributed by atoms with Crippen molar-refractivity contribution in [2.45, 2.75) is 86.0 Å². The monoisotopic (exact) mass is 303 g/mol.